The molecule has 0 fully saturated rings. The molecule has 0 aromatic rings. The van der Waals surface area contributed by atoms with Crippen LogP contribution in [-0.4, -0.2) is 49.5 Å². The number of aliphatic carboxylic acids is 1. The Balaban J connectivity index is 0. The molecule has 3 radical (unpaired) electrons. The van der Waals surface area contributed by atoms with Crippen molar-refractivity contribution in [2.24, 2.45) is 5.73 Å². The van der Waals surface area contributed by atoms with E-state index in [2.05, 4.69) is 17.0 Å². The van der Waals surface area contributed by atoms with Gasteiger partial charge in [-0.25, -0.2) is 4.79 Å². The average molecular weight is 367 g/mol. The average Bonchev–Trinajstić information content (AvgIpc) is 1.87. The monoisotopic (exact) mass is 368 g/mol. The van der Waals surface area contributed by atoms with Gasteiger partial charge in [-0.1, -0.05) is 0 Å². The normalized spacial score (nSPS) is 7.50. The molecule has 5 nitrogen and oxygen atoms in total. The summed E-state index contributed by atoms with van der Waals surface area (Å²) in [5, 5.41) is 7.93. The maximum atomic E-state index is 9.63. The minimum absolute atomic E-state index is 0.315. The van der Waals surface area contributed by atoms with E-state index in [9.17, 15) is 9.59 Å². The maximum Gasteiger partial charge on any atom is 0.404 e. The Morgan fingerprint density at radius 1 is 1.67 bits per heavy atom. The van der Waals surface area contributed by atoms with Crippen molar-refractivity contribution in [1.29, 1.82) is 0 Å². The summed E-state index contributed by atoms with van der Waals surface area (Å²) in [5.74, 6) is -0.873. The Hall–Kier alpha value is -0.598. The molecule has 0 spiro atoms. The first-order chi connectivity index (χ1) is 5.41. The van der Waals surface area contributed by atoms with E-state index < -0.39 is 12.1 Å². The van der Waals surface area contributed by atoms with Crippen LogP contribution in [0.15, 0.2) is 9.71 Å². The van der Waals surface area contributed by atoms with Crippen LogP contribution >= 0.6 is 0 Å². The first kappa shape index (κ1) is 14.0. The van der Waals surface area contributed by atoms with Crippen LogP contribution in [0.1, 0.15) is 6.92 Å². The zero-order valence-corrected chi connectivity index (χ0v) is 10.6. The number of carbonyl (C=O) groups is 2. The quantitative estimate of drug-likeness (QED) is 0.525. The fraction of sp³-hybridized carbons (Fsp3) is 0.333. The molecular weight excluding hydrogens is 357 g/mol. The second-order valence-corrected chi connectivity index (χ2v) is 3.88. The summed E-state index contributed by atoms with van der Waals surface area (Å²) in [6, 6.07) is 0. The fourth-order valence-corrected chi connectivity index (χ4v) is 0.142. The van der Waals surface area contributed by atoms with Crippen molar-refractivity contribution in [3.8, 4) is 0 Å². The van der Waals surface area contributed by atoms with Crippen LogP contribution in [0.3, 0.4) is 0 Å². The third kappa shape index (κ3) is 16.2. The molecular formula is C6H10NO4Pb. The van der Waals surface area contributed by atoms with Crippen LogP contribution in [0.5, 0.6) is 0 Å². The van der Waals surface area contributed by atoms with Gasteiger partial charge in [0.05, 0.1) is 6.61 Å². The zero-order valence-electron chi connectivity index (χ0n) is 6.66. The topological polar surface area (TPSA) is 89.6 Å². The standard InChI is InChI=1S/C3H7NO2.C3H3O2.Pb/c1-2-6-3(4)5;1-2-3(4)5;/h2H2,1H3,(H2,4,5);1H2,(H,4,5);. The summed E-state index contributed by atoms with van der Waals surface area (Å²) < 4.78 is 4.50. The first-order valence-corrected chi connectivity index (χ1v) is 4.92. The Bertz CT molecular complexity index is 168. The molecule has 0 rings (SSSR count). The minimum atomic E-state index is -0.873. The summed E-state index contributed by atoms with van der Waals surface area (Å²) >= 11 is 0.559. The van der Waals surface area contributed by atoms with E-state index in [1.165, 1.54) is 0 Å². The molecule has 0 aromatic carbocycles. The van der Waals surface area contributed by atoms with Crippen molar-refractivity contribution >= 4 is 37.8 Å². The van der Waals surface area contributed by atoms with Gasteiger partial charge in [-0.05, 0) is 6.92 Å². The van der Waals surface area contributed by atoms with Crippen LogP contribution < -0.4 is 5.73 Å². The Kier molecular flexibility index (Phi) is 9.88. The molecule has 0 aromatic heterocycles. The summed E-state index contributed by atoms with van der Waals surface area (Å²) in [7, 11) is 0. The fourth-order valence-electron chi connectivity index (χ4n) is 0.142. The zero-order chi connectivity index (χ0) is 10.1. The molecule has 0 unspecified atom stereocenters. The molecule has 67 valence electrons. The van der Waals surface area contributed by atoms with Gasteiger partial charge in [0.25, 0.3) is 0 Å². The van der Waals surface area contributed by atoms with Gasteiger partial charge < -0.3 is 10.5 Å². The molecule has 3 N–H and O–H groups in total. The van der Waals surface area contributed by atoms with E-state index in [-0.39, 0.29) is 0 Å². The van der Waals surface area contributed by atoms with E-state index in [1.807, 2.05) is 0 Å². The van der Waals surface area contributed by atoms with Gasteiger partial charge in [-0.2, -0.15) is 0 Å². The van der Waals surface area contributed by atoms with Crippen LogP contribution in [0.4, 0.5) is 4.79 Å². The van der Waals surface area contributed by atoms with E-state index in [4.69, 9.17) is 5.11 Å². The number of carboxylic acid groups (broad SMARTS) is 1. The summed E-state index contributed by atoms with van der Waals surface area (Å²) in [5.41, 5.74) is 4.54. The van der Waals surface area contributed by atoms with Crippen LogP contribution in [0, 0.1) is 0 Å². The van der Waals surface area contributed by atoms with Gasteiger partial charge in [-0.15, -0.1) is 0 Å². The number of hydrogen-bond donors (Lipinski definition) is 2. The Labute approximate surface area is 86.3 Å². The smallest absolute Gasteiger partial charge is 0.404 e. The number of nitrogens with two attached hydrogens (primary N) is 1. The number of carbonyl (C=O) groups excluding carboxylic acids is 1. The number of rotatable bonds is 2. The molecule has 0 heterocycles. The molecule has 6 heteroatoms. The minimum Gasteiger partial charge on any atom is -0.450 e. The molecule has 0 aliphatic carbocycles. The van der Waals surface area contributed by atoms with Crippen molar-refractivity contribution in [3.05, 3.63) is 9.71 Å². The second kappa shape index (κ2) is 8.50. The predicted octanol–water partition coefficient (Wildman–Crippen LogP) is -0.145. The van der Waals surface area contributed by atoms with Crippen LogP contribution in [0.2, 0.25) is 0 Å². The molecule has 0 aliphatic rings. The third-order valence-electron chi connectivity index (χ3n) is 0.545. The first-order valence-electron chi connectivity index (χ1n) is 2.97. The number of amides is 1. The second-order valence-electron chi connectivity index (χ2n) is 1.54. The van der Waals surface area contributed by atoms with E-state index in [0.717, 1.165) is 0 Å². The van der Waals surface area contributed by atoms with Gasteiger partial charge in [0.2, 0.25) is 0 Å². The van der Waals surface area contributed by atoms with Crippen LogP contribution in [0.25, 0.3) is 0 Å². The number of hydrogen-bond acceptors (Lipinski definition) is 3. The summed E-state index contributed by atoms with van der Waals surface area (Å²) in [4.78, 5) is 19.2. The van der Waals surface area contributed by atoms with Crippen molar-refractivity contribution < 1.29 is 19.4 Å². The number of ether oxygens (including phenoxy) is 1. The van der Waals surface area contributed by atoms with Gasteiger partial charge in [-0.3, -0.25) is 0 Å². The third-order valence-corrected chi connectivity index (χ3v) is 1.38. The van der Waals surface area contributed by atoms with E-state index in [0.29, 0.717) is 35.5 Å². The molecule has 0 atom stereocenters. The van der Waals surface area contributed by atoms with Gasteiger partial charge in [0, 0.05) is 0 Å². The Morgan fingerprint density at radius 2 is 2.00 bits per heavy atom. The molecule has 0 bridgehead atoms. The van der Waals surface area contributed by atoms with Crippen LogP contribution in [-0.2, 0) is 9.53 Å². The number of primary amides is 1. The maximum absolute atomic E-state index is 9.63. The number of carboxylic acids is 1. The van der Waals surface area contributed by atoms with Gasteiger partial charge >= 0.3 is 57.4 Å². The van der Waals surface area contributed by atoms with Crippen molar-refractivity contribution in [2.75, 3.05) is 6.61 Å². The molecule has 1 amide bonds. The molecule has 0 saturated heterocycles. The predicted molar refractivity (Wildman–Crippen MR) is 43.7 cm³/mol. The van der Waals surface area contributed by atoms with Crippen molar-refractivity contribution in [2.45, 2.75) is 6.92 Å². The van der Waals surface area contributed by atoms with E-state index in [1.54, 1.807) is 6.92 Å². The molecule has 12 heavy (non-hydrogen) atoms. The van der Waals surface area contributed by atoms with Gasteiger partial charge in [0.15, 0.2) is 0 Å². The molecule has 0 saturated carbocycles. The van der Waals surface area contributed by atoms with Gasteiger partial charge in [0.1, 0.15) is 0 Å². The largest absolute Gasteiger partial charge is 0.450 e. The Morgan fingerprint density at radius 3 is 2.00 bits per heavy atom. The summed E-state index contributed by atoms with van der Waals surface area (Å²) in [6.45, 7) is 5.27. The van der Waals surface area contributed by atoms with Crippen molar-refractivity contribution in [1.82, 2.24) is 0 Å². The van der Waals surface area contributed by atoms with Crippen molar-refractivity contribution in [3.63, 3.8) is 0 Å². The van der Waals surface area contributed by atoms with E-state index >= 15 is 0 Å². The SMILES string of the molecule is C=[C]([Pb])C(=O)O.CCOC(N)=O. The molecule has 0 aliphatic heterocycles. The summed E-state index contributed by atoms with van der Waals surface area (Å²) in [6.07, 6.45) is -0.711.